The van der Waals surface area contributed by atoms with E-state index < -0.39 is 5.95 Å². The van der Waals surface area contributed by atoms with E-state index in [-0.39, 0.29) is 5.70 Å². The number of hydrogen-bond acceptors (Lipinski definition) is 4. The molecular formula is C16H14ClN2O3+. The number of halogens is 1. The molecule has 0 fully saturated rings. The average Bonchev–Trinajstić information content (AvgIpc) is 2.56. The van der Waals surface area contributed by atoms with Crippen LogP contribution in [0.1, 0.15) is 11.1 Å². The minimum Gasteiger partial charge on any atom is -0.488 e. The number of rotatable bonds is 5. The van der Waals surface area contributed by atoms with Crippen molar-refractivity contribution in [3.63, 3.8) is 0 Å². The van der Waals surface area contributed by atoms with Crippen LogP contribution in [0.25, 0.3) is 10.7 Å². The standard InChI is InChI=1S/C16H13ClN2O3/c1-21-16(20)15(19-18)13-4-2-3-5-14(13)22-10-11-6-8-12(17)9-7-11/h2-9H,10H2,1H3/p+1/b16-15-. The fourth-order valence-corrected chi connectivity index (χ4v) is 1.96. The van der Waals surface area contributed by atoms with Crippen LogP contribution < -0.4 is 4.74 Å². The zero-order chi connectivity index (χ0) is 15.9. The molecule has 0 spiro atoms. The SMILES string of the molecule is CO/C(O)=C(\[N+]#N)c1ccccc1OCc1ccc(Cl)cc1. The molecule has 0 aliphatic rings. The summed E-state index contributed by atoms with van der Waals surface area (Å²) in [4.78, 5) is 3.06. The van der Waals surface area contributed by atoms with Gasteiger partial charge in [0.25, 0.3) is 0 Å². The maximum atomic E-state index is 9.64. The van der Waals surface area contributed by atoms with Crippen molar-refractivity contribution in [2.24, 2.45) is 0 Å². The lowest BCUT2D eigenvalue weighted by molar-refractivity contribution is 0.139. The lowest BCUT2D eigenvalue weighted by Crippen LogP contribution is -1.99. The van der Waals surface area contributed by atoms with Crippen molar-refractivity contribution in [3.05, 3.63) is 75.6 Å². The van der Waals surface area contributed by atoms with Gasteiger partial charge >= 0.3 is 11.6 Å². The molecule has 2 aromatic carbocycles. The van der Waals surface area contributed by atoms with E-state index in [2.05, 4.69) is 4.98 Å². The van der Waals surface area contributed by atoms with Crippen LogP contribution in [0.2, 0.25) is 5.02 Å². The van der Waals surface area contributed by atoms with Crippen molar-refractivity contribution < 1.29 is 14.6 Å². The molecule has 0 atom stereocenters. The Morgan fingerprint density at radius 2 is 1.86 bits per heavy atom. The zero-order valence-corrected chi connectivity index (χ0v) is 12.6. The summed E-state index contributed by atoms with van der Waals surface area (Å²) in [7, 11) is 1.28. The molecule has 0 aliphatic heterocycles. The van der Waals surface area contributed by atoms with E-state index in [1.54, 1.807) is 36.4 Å². The highest BCUT2D eigenvalue weighted by Crippen LogP contribution is 2.29. The molecule has 0 bridgehead atoms. The summed E-state index contributed by atoms with van der Waals surface area (Å²) in [5.74, 6) is -0.0427. The molecular weight excluding hydrogens is 304 g/mol. The Kier molecular flexibility index (Phi) is 5.23. The van der Waals surface area contributed by atoms with E-state index in [0.29, 0.717) is 22.9 Å². The normalized spacial score (nSPS) is 11.3. The minimum atomic E-state index is -0.495. The minimum absolute atomic E-state index is 0.103. The summed E-state index contributed by atoms with van der Waals surface area (Å²) in [6, 6.07) is 14.1. The van der Waals surface area contributed by atoms with Gasteiger partial charge in [0.2, 0.25) is 5.39 Å². The fraction of sp³-hybridized carbons (Fsp3) is 0.125. The first-order chi connectivity index (χ1) is 10.7. The number of aliphatic hydroxyl groups is 1. The van der Waals surface area contributed by atoms with E-state index in [4.69, 9.17) is 26.5 Å². The van der Waals surface area contributed by atoms with Crippen LogP contribution in [-0.2, 0) is 11.3 Å². The van der Waals surface area contributed by atoms with Crippen molar-refractivity contribution in [2.75, 3.05) is 7.11 Å². The molecule has 5 nitrogen and oxygen atoms in total. The van der Waals surface area contributed by atoms with Crippen LogP contribution in [0.4, 0.5) is 0 Å². The molecule has 0 aliphatic carbocycles. The second-order valence-corrected chi connectivity index (χ2v) is 4.81. The molecule has 0 aromatic heterocycles. The van der Waals surface area contributed by atoms with Crippen molar-refractivity contribution in [1.82, 2.24) is 0 Å². The maximum Gasteiger partial charge on any atom is 0.474 e. The summed E-state index contributed by atoms with van der Waals surface area (Å²) in [5, 5.41) is 19.4. The predicted molar refractivity (Wildman–Crippen MR) is 83.9 cm³/mol. The lowest BCUT2D eigenvalue weighted by Gasteiger charge is -2.08. The Balaban J connectivity index is 2.26. The summed E-state index contributed by atoms with van der Waals surface area (Å²) in [6.07, 6.45) is 0. The molecule has 0 heterocycles. The van der Waals surface area contributed by atoms with Crippen LogP contribution >= 0.6 is 11.6 Å². The number of nitrogens with zero attached hydrogens (tertiary/aromatic N) is 2. The van der Waals surface area contributed by atoms with Crippen molar-refractivity contribution >= 4 is 17.3 Å². The van der Waals surface area contributed by atoms with Gasteiger partial charge in [0.15, 0.2) is 4.98 Å². The number of diazo groups is 1. The third-order valence-corrected chi connectivity index (χ3v) is 3.20. The van der Waals surface area contributed by atoms with Crippen LogP contribution in [0.15, 0.2) is 54.5 Å². The van der Waals surface area contributed by atoms with Gasteiger partial charge in [-0.15, -0.1) is 0 Å². The lowest BCUT2D eigenvalue weighted by atomic mass is 10.1. The molecule has 22 heavy (non-hydrogen) atoms. The first-order valence-electron chi connectivity index (χ1n) is 6.44. The van der Waals surface area contributed by atoms with E-state index in [1.807, 2.05) is 12.1 Å². The highest BCUT2D eigenvalue weighted by atomic mass is 35.5. The highest BCUT2D eigenvalue weighted by molar-refractivity contribution is 6.30. The fourth-order valence-electron chi connectivity index (χ4n) is 1.84. The quantitative estimate of drug-likeness (QED) is 0.646. The van der Waals surface area contributed by atoms with Crippen LogP contribution in [-0.4, -0.2) is 12.2 Å². The van der Waals surface area contributed by atoms with Crippen molar-refractivity contribution in [2.45, 2.75) is 6.61 Å². The molecule has 0 saturated heterocycles. The number of benzene rings is 2. The van der Waals surface area contributed by atoms with E-state index in [0.717, 1.165) is 5.56 Å². The molecule has 112 valence electrons. The molecule has 1 N–H and O–H groups in total. The van der Waals surface area contributed by atoms with Crippen LogP contribution in [0, 0.1) is 5.39 Å². The predicted octanol–water partition coefficient (Wildman–Crippen LogP) is 4.60. The average molecular weight is 318 g/mol. The first-order valence-corrected chi connectivity index (χ1v) is 6.82. The molecule has 0 amide bonds. The highest BCUT2D eigenvalue weighted by Gasteiger charge is 2.27. The van der Waals surface area contributed by atoms with Gasteiger partial charge in [-0.1, -0.05) is 35.9 Å². The van der Waals surface area contributed by atoms with Crippen LogP contribution in [0.5, 0.6) is 5.75 Å². The smallest absolute Gasteiger partial charge is 0.474 e. The number of aliphatic hydroxyl groups excluding tert-OH is 1. The van der Waals surface area contributed by atoms with Gasteiger partial charge in [0.05, 0.1) is 7.11 Å². The van der Waals surface area contributed by atoms with E-state index in [9.17, 15) is 5.11 Å². The van der Waals surface area contributed by atoms with E-state index >= 15 is 0 Å². The van der Waals surface area contributed by atoms with Gasteiger partial charge in [-0.3, -0.25) is 0 Å². The monoisotopic (exact) mass is 317 g/mol. The van der Waals surface area contributed by atoms with Crippen molar-refractivity contribution in [3.8, 4) is 5.75 Å². The largest absolute Gasteiger partial charge is 0.488 e. The van der Waals surface area contributed by atoms with Gasteiger partial charge < -0.3 is 14.6 Å². The van der Waals surface area contributed by atoms with Gasteiger partial charge in [-0.05, 0) is 29.8 Å². The second-order valence-electron chi connectivity index (χ2n) is 4.37. The third-order valence-electron chi connectivity index (χ3n) is 2.95. The molecule has 6 heteroatoms. The first kappa shape index (κ1) is 15.7. The topological polar surface area (TPSA) is 66.8 Å². The summed E-state index contributed by atoms with van der Waals surface area (Å²) in [6.45, 7) is 0.306. The second kappa shape index (κ2) is 7.34. The van der Waals surface area contributed by atoms with Gasteiger partial charge in [-0.2, -0.15) is 0 Å². The Morgan fingerprint density at radius 3 is 2.50 bits per heavy atom. The van der Waals surface area contributed by atoms with Crippen LogP contribution in [0.3, 0.4) is 0 Å². The molecule has 2 aromatic rings. The Labute approximate surface area is 133 Å². The number of para-hydroxylation sites is 1. The van der Waals surface area contributed by atoms with E-state index in [1.165, 1.54) is 7.11 Å². The van der Waals surface area contributed by atoms with Crippen molar-refractivity contribution in [1.29, 1.82) is 5.39 Å². The maximum absolute atomic E-state index is 9.64. The summed E-state index contributed by atoms with van der Waals surface area (Å²) in [5.41, 5.74) is 1.24. The number of hydrogen-bond donors (Lipinski definition) is 1. The number of methoxy groups -OCH3 is 1. The Morgan fingerprint density at radius 1 is 1.18 bits per heavy atom. The molecule has 0 unspecified atom stereocenters. The third kappa shape index (κ3) is 3.68. The summed E-state index contributed by atoms with van der Waals surface area (Å²) < 4.78 is 10.4. The zero-order valence-electron chi connectivity index (χ0n) is 11.9. The van der Waals surface area contributed by atoms with Gasteiger partial charge in [0.1, 0.15) is 17.9 Å². The summed E-state index contributed by atoms with van der Waals surface area (Å²) >= 11 is 5.84. The van der Waals surface area contributed by atoms with Gasteiger partial charge in [0, 0.05) is 5.02 Å². The number of ether oxygens (including phenoxy) is 2. The Hall–Kier alpha value is -2.71. The van der Waals surface area contributed by atoms with Gasteiger partial charge in [-0.25, -0.2) is 0 Å². The molecule has 0 radical (unpaired) electrons. The Bertz CT molecular complexity index is 721. The molecule has 0 saturated carbocycles. The molecule has 2 rings (SSSR count).